The van der Waals surface area contributed by atoms with Crippen LogP contribution >= 0.6 is 0 Å². The molecule has 0 spiro atoms. The van der Waals surface area contributed by atoms with Gasteiger partial charge in [0.25, 0.3) is 0 Å². The second kappa shape index (κ2) is 11.3. The quantitative estimate of drug-likeness (QED) is 0.391. The fourth-order valence-electron chi connectivity index (χ4n) is 0.328. The van der Waals surface area contributed by atoms with Gasteiger partial charge in [0.15, 0.2) is 0 Å². The van der Waals surface area contributed by atoms with Crippen molar-refractivity contribution in [2.45, 2.75) is 26.2 Å². The molecular weight excluding hydrogens is 127 g/mol. The minimum absolute atomic E-state index is 0. The topological polar surface area (TPSA) is 37.3 Å². The molecule has 0 fully saturated rings. The van der Waals surface area contributed by atoms with Gasteiger partial charge in [-0.25, -0.2) is 0 Å². The zero-order valence-corrected chi connectivity index (χ0v) is 8.48. The molecule has 0 bridgehead atoms. The molecule has 0 saturated heterocycles. The maximum absolute atomic E-state index is 9.76. The zero-order chi connectivity index (χ0) is 5.70. The molecule has 0 unspecified atom stereocenters. The Morgan fingerprint density at radius 3 is 2.11 bits per heavy atom. The third kappa shape index (κ3) is 17.7. The van der Waals surface area contributed by atoms with Crippen molar-refractivity contribution >= 4 is 5.97 Å². The summed E-state index contributed by atoms with van der Waals surface area (Å²) < 4.78 is 0. The van der Waals surface area contributed by atoms with Gasteiger partial charge in [-0.2, -0.15) is 0 Å². The Kier molecular flexibility index (Phi) is 20.4. The Hall–Kier alpha value is 0.470. The first kappa shape index (κ1) is 16.2. The molecule has 0 amide bonds. The second-order valence-electron chi connectivity index (χ2n) is 1.50. The Morgan fingerprint density at radius 2 is 2.00 bits per heavy atom. The zero-order valence-electron chi connectivity index (χ0n) is 6.48. The van der Waals surface area contributed by atoms with E-state index in [0.29, 0.717) is 6.42 Å². The summed E-state index contributed by atoms with van der Waals surface area (Å²) >= 11 is 0. The van der Waals surface area contributed by atoms with Crippen LogP contribution in [0, 0.1) is 7.43 Å². The molecule has 0 rings (SSSR count). The van der Waals surface area contributed by atoms with Crippen molar-refractivity contribution in [1.82, 2.24) is 0 Å². The van der Waals surface area contributed by atoms with E-state index < -0.39 is 5.97 Å². The van der Waals surface area contributed by atoms with Crippen molar-refractivity contribution in [2.24, 2.45) is 0 Å². The molecule has 0 aromatic rings. The normalized spacial score (nSPS) is 6.78. The largest absolute Gasteiger partial charge is 1.00 e. The van der Waals surface area contributed by atoms with E-state index in [1.807, 2.05) is 6.92 Å². The van der Waals surface area contributed by atoms with Crippen LogP contribution in [0.2, 0.25) is 0 Å². The van der Waals surface area contributed by atoms with Gasteiger partial charge in [-0.05, 0) is 6.42 Å². The number of rotatable bonds is 3. The molecule has 3 heteroatoms. The van der Waals surface area contributed by atoms with Crippen molar-refractivity contribution < 1.29 is 39.5 Å². The van der Waals surface area contributed by atoms with Crippen LogP contribution in [0.1, 0.15) is 26.2 Å². The van der Waals surface area contributed by atoms with E-state index in [-0.39, 0.29) is 37.0 Å². The Labute approximate surface area is 78.9 Å². The monoisotopic (exact) mass is 140 g/mol. The van der Waals surface area contributed by atoms with Crippen molar-refractivity contribution in [3.63, 3.8) is 0 Å². The molecule has 0 aromatic heterocycles. The van der Waals surface area contributed by atoms with Crippen molar-refractivity contribution in [2.75, 3.05) is 0 Å². The maximum atomic E-state index is 9.76. The van der Waals surface area contributed by atoms with E-state index >= 15 is 0 Å². The summed E-state index contributed by atoms with van der Waals surface area (Å²) in [6, 6.07) is 0. The van der Waals surface area contributed by atoms with Crippen LogP contribution in [0.3, 0.4) is 0 Å². The molecule has 0 aliphatic heterocycles. The van der Waals surface area contributed by atoms with E-state index in [0.717, 1.165) is 12.8 Å². The molecule has 0 radical (unpaired) electrons. The predicted molar refractivity (Wildman–Crippen MR) is 33.6 cm³/mol. The van der Waals surface area contributed by atoms with E-state index in [2.05, 4.69) is 0 Å². The van der Waals surface area contributed by atoms with Gasteiger partial charge < -0.3 is 12.5 Å². The SMILES string of the molecule is CCCCC(=O)O.[CH3-].[Na+]. The maximum Gasteiger partial charge on any atom is 1.00 e. The van der Waals surface area contributed by atoms with Crippen LogP contribution < -0.4 is 29.6 Å². The van der Waals surface area contributed by atoms with E-state index in [4.69, 9.17) is 5.11 Å². The molecule has 50 valence electrons. The summed E-state index contributed by atoms with van der Waals surface area (Å²) in [5.74, 6) is -0.693. The van der Waals surface area contributed by atoms with E-state index in [1.165, 1.54) is 0 Å². The molecule has 0 saturated carbocycles. The van der Waals surface area contributed by atoms with Gasteiger partial charge in [-0.1, -0.05) is 13.3 Å². The third-order valence-corrected chi connectivity index (χ3v) is 0.744. The number of hydrogen-bond acceptors (Lipinski definition) is 1. The molecule has 0 heterocycles. The standard InChI is InChI=1S/C5H10O2.CH3.Na/c1-2-3-4-5(6)7;;/h2-4H2,1H3,(H,6,7);1H3;/q;-1;+1. The first-order valence-electron chi connectivity index (χ1n) is 2.49. The molecular formula is C6H13NaO2. The summed E-state index contributed by atoms with van der Waals surface area (Å²) in [7, 11) is 0. The van der Waals surface area contributed by atoms with Crippen LogP contribution in [-0.2, 0) is 4.79 Å². The summed E-state index contributed by atoms with van der Waals surface area (Å²) in [6.45, 7) is 1.98. The molecule has 9 heavy (non-hydrogen) atoms. The van der Waals surface area contributed by atoms with Gasteiger partial charge in [0.2, 0.25) is 0 Å². The molecule has 2 nitrogen and oxygen atoms in total. The first-order valence-corrected chi connectivity index (χ1v) is 2.49. The minimum atomic E-state index is -0.693. The van der Waals surface area contributed by atoms with E-state index in [1.54, 1.807) is 0 Å². The molecule has 1 N–H and O–H groups in total. The molecule has 0 aliphatic rings. The fraction of sp³-hybridized carbons (Fsp3) is 0.667. The van der Waals surface area contributed by atoms with Gasteiger partial charge in [-0.3, -0.25) is 4.79 Å². The number of hydrogen-bond donors (Lipinski definition) is 1. The first-order chi connectivity index (χ1) is 3.27. The molecule has 0 aromatic carbocycles. The van der Waals surface area contributed by atoms with Crippen LogP contribution in [0.15, 0.2) is 0 Å². The van der Waals surface area contributed by atoms with Gasteiger partial charge in [0, 0.05) is 6.42 Å². The predicted octanol–water partition coefficient (Wildman–Crippen LogP) is -1.28. The average molecular weight is 140 g/mol. The average Bonchev–Trinajstić information content (AvgIpc) is 1.61. The van der Waals surface area contributed by atoms with Crippen molar-refractivity contribution in [1.29, 1.82) is 0 Å². The van der Waals surface area contributed by atoms with Crippen LogP contribution in [0.4, 0.5) is 0 Å². The molecule has 0 atom stereocenters. The third-order valence-electron chi connectivity index (χ3n) is 0.744. The summed E-state index contributed by atoms with van der Waals surface area (Å²) in [5, 5.41) is 8.04. The number of carboxylic acid groups (broad SMARTS) is 1. The van der Waals surface area contributed by atoms with Crippen molar-refractivity contribution in [3.05, 3.63) is 7.43 Å². The summed E-state index contributed by atoms with van der Waals surface area (Å²) in [5.41, 5.74) is 0. The summed E-state index contributed by atoms with van der Waals surface area (Å²) in [6.07, 6.45) is 2.08. The Balaban J connectivity index is -0.000000180. The smallest absolute Gasteiger partial charge is 0.481 e. The van der Waals surface area contributed by atoms with Gasteiger partial charge in [-0.15, -0.1) is 0 Å². The molecule has 0 aliphatic carbocycles. The van der Waals surface area contributed by atoms with E-state index in [9.17, 15) is 4.79 Å². The minimum Gasteiger partial charge on any atom is -0.481 e. The summed E-state index contributed by atoms with van der Waals surface area (Å²) in [4.78, 5) is 9.76. The van der Waals surface area contributed by atoms with Crippen LogP contribution in [-0.4, -0.2) is 11.1 Å². The second-order valence-corrected chi connectivity index (χ2v) is 1.50. The van der Waals surface area contributed by atoms with Crippen LogP contribution in [0.5, 0.6) is 0 Å². The number of carbonyl (C=O) groups is 1. The Morgan fingerprint density at radius 1 is 1.56 bits per heavy atom. The van der Waals surface area contributed by atoms with Gasteiger partial charge in [0.05, 0.1) is 0 Å². The Bertz CT molecular complexity index is 64.1. The van der Waals surface area contributed by atoms with Gasteiger partial charge in [0.1, 0.15) is 0 Å². The number of unbranched alkanes of at least 4 members (excludes halogenated alkanes) is 1. The number of aliphatic carboxylic acids is 1. The van der Waals surface area contributed by atoms with Gasteiger partial charge >= 0.3 is 35.5 Å². The fourth-order valence-corrected chi connectivity index (χ4v) is 0.328. The van der Waals surface area contributed by atoms with Crippen LogP contribution in [0.25, 0.3) is 0 Å². The number of carboxylic acids is 1. The van der Waals surface area contributed by atoms with Crippen molar-refractivity contribution in [3.8, 4) is 0 Å².